The third-order valence-electron chi connectivity index (χ3n) is 8.09. The molecule has 0 fully saturated rings. The van der Waals surface area contributed by atoms with Gasteiger partial charge in [0.05, 0.1) is 23.1 Å². The monoisotopic (exact) mass is 643 g/mol. The van der Waals surface area contributed by atoms with Gasteiger partial charge in [-0.05, 0) is 81.1 Å². The molecule has 4 aromatic carbocycles. The minimum atomic E-state index is -3.88. The van der Waals surface area contributed by atoms with Gasteiger partial charge < -0.3 is 19.5 Å². The normalized spacial score (nSPS) is 17.4. The maximum absolute atomic E-state index is 13.8. The SMILES string of the molecule is Cc1ccc(S(=O)(=O)Nc2ccc3c(c2)C(=O)N([C@H](C)CO)C[C@@H](C)[C@@H](CN(C)Cc2ccc(Oc4ccccc4)cc2)O3)cc1. The molecule has 10 heteroatoms. The number of benzene rings is 4. The molecule has 3 atom stereocenters. The van der Waals surface area contributed by atoms with Crippen molar-refractivity contribution in [1.29, 1.82) is 0 Å². The molecule has 0 spiro atoms. The van der Waals surface area contributed by atoms with E-state index in [-0.39, 0.29) is 40.7 Å². The van der Waals surface area contributed by atoms with Crippen molar-refractivity contribution in [2.75, 3.05) is 31.5 Å². The van der Waals surface area contributed by atoms with Gasteiger partial charge in [-0.15, -0.1) is 0 Å². The van der Waals surface area contributed by atoms with Gasteiger partial charge in [0.1, 0.15) is 23.4 Å². The minimum Gasteiger partial charge on any atom is -0.488 e. The Morgan fingerprint density at radius 2 is 1.67 bits per heavy atom. The van der Waals surface area contributed by atoms with Gasteiger partial charge in [-0.2, -0.15) is 0 Å². The number of aliphatic hydroxyl groups excluding tert-OH is 1. The zero-order valence-corrected chi connectivity index (χ0v) is 27.4. The summed E-state index contributed by atoms with van der Waals surface area (Å²) >= 11 is 0. The molecule has 1 aliphatic heterocycles. The lowest BCUT2D eigenvalue weighted by molar-refractivity contribution is 0.0341. The fourth-order valence-electron chi connectivity index (χ4n) is 5.41. The van der Waals surface area contributed by atoms with Crippen LogP contribution in [0.4, 0.5) is 5.69 Å². The number of aryl methyl sites for hydroxylation is 1. The van der Waals surface area contributed by atoms with Crippen molar-refractivity contribution in [3.8, 4) is 17.2 Å². The molecule has 0 radical (unpaired) electrons. The number of likely N-dealkylation sites (N-methyl/N-ethyl adjacent to an activating group) is 1. The number of rotatable bonds is 11. The molecule has 242 valence electrons. The van der Waals surface area contributed by atoms with Crippen LogP contribution in [0.25, 0.3) is 0 Å². The zero-order chi connectivity index (χ0) is 32.8. The zero-order valence-electron chi connectivity index (χ0n) is 26.6. The van der Waals surface area contributed by atoms with Gasteiger partial charge in [-0.3, -0.25) is 14.4 Å². The van der Waals surface area contributed by atoms with Gasteiger partial charge in [0.15, 0.2) is 0 Å². The molecular weight excluding hydrogens is 602 g/mol. The first kappa shape index (κ1) is 33.0. The Morgan fingerprint density at radius 1 is 1.00 bits per heavy atom. The van der Waals surface area contributed by atoms with Gasteiger partial charge in [-0.25, -0.2) is 8.42 Å². The Morgan fingerprint density at radius 3 is 2.35 bits per heavy atom. The summed E-state index contributed by atoms with van der Waals surface area (Å²) in [6.45, 7) is 7.11. The number of carbonyl (C=O) groups excluding carboxylic acids is 1. The Labute approximate surface area is 271 Å². The van der Waals surface area contributed by atoms with Crippen molar-refractivity contribution in [3.63, 3.8) is 0 Å². The van der Waals surface area contributed by atoms with Crippen molar-refractivity contribution >= 4 is 21.6 Å². The highest BCUT2D eigenvalue weighted by atomic mass is 32.2. The number of carbonyl (C=O) groups is 1. The van der Waals surface area contributed by atoms with Gasteiger partial charge in [0, 0.05) is 31.2 Å². The molecular formula is C36H41N3O6S. The van der Waals surface area contributed by atoms with Crippen LogP contribution in [-0.2, 0) is 16.6 Å². The van der Waals surface area contributed by atoms with Crippen LogP contribution >= 0.6 is 0 Å². The van der Waals surface area contributed by atoms with E-state index in [2.05, 4.69) is 9.62 Å². The van der Waals surface area contributed by atoms with Crippen LogP contribution in [0.15, 0.2) is 102 Å². The lowest BCUT2D eigenvalue weighted by Crippen LogP contribution is -2.49. The number of hydrogen-bond donors (Lipinski definition) is 2. The molecule has 0 saturated carbocycles. The molecule has 2 N–H and O–H groups in total. The second kappa shape index (κ2) is 14.4. The molecule has 5 rings (SSSR count). The molecule has 0 bridgehead atoms. The molecule has 0 saturated heterocycles. The number of amides is 1. The summed E-state index contributed by atoms with van der Waals surface area (Å²) in [6.07, 6.45) is -0.291. The first-order valence-corrected chi connectivity index (χ1v) is 16.8. The van der Waals surface area contributed by atoms with E-state index in [9.17, 15) is 18.3 Å². The summed E-state index contributed by atoms with van der Waals surface area (Å²) in [5, 5.41) is 10.00. The number of anilines is 1. The molecule has 4 aromatic rings. The molecule has 1 amide bonds. The Kier molecular flexibility index (Phi) is 10.3. The van der Waals surface area contributed by atoms with E-state index in [1.807, 2.05) is 75.5 Å². The van der Waals surface area contributed by atoms with Crippen molar-refractivity contribution in [2.24, 2.45) is 5.92 Å². The number of fused-ring (bicyclic) bond motifs is 1. The van der Waals surface area contributed by atoms with E-state index < -0.39 is 16.1 Å². The largest absolute Gasteiger partial charge is 0.488 e. The maximum atomic E-state index is 13.8. The van der Waals surface area contributed by atoms with E-state index in [0.717, 1.165) is 22.6 Å². The highest BCUT2D eigenvalue weighted by molar-refractivity contribution is 7.92. The quantitative estimate of drug-likeness (QED) is 0.208. The van der Waals surface area contributed by atoms with Crippen LogP contribution < -0.4 is 14.2 Å². The summed E-state index contributed by atoms with van der Waals surface area (Å²) < 4.78 is 41.2. The first-order valence-electron chi connectivity index (χ1n) is 15.3. The Hall–Kier alpha value is -4.38. The van der Waals surface area contributed by atoms with E-state index >= 15 is 0 Å². The third-order valence-corrected chi connectivity index (χ3v) is 9.49. The topological polar surface area (TPSA) is 108 Å². The van der Waals surface area contributed by atoms with E-state index in [1.54, 1.807) is 48.2 Å². The lowest BCUT2D eigenvalue weighted by atomic mass is 9.99. The van der Waals surface area contributed by atoms with Gasteiger partial charge in [-0.1, -0.05) is 55.0 Å². The summed E-state index contributed by atoms with van der Waals surface area (Å²) in [5.41, 5.74) is 2.53. The summed E-state index contributed by atoms with van der Waals surface area (Å²) in [7, 11) is -1.86. The fourth-order valence-corrected chi connectivity index (χ4v) is 6.46. The highest BCUT2D eigenvalue weighted by Gasteiger charge is 2.33. The number of hydrogen-bond acceptors (Lipinski definition) is 7. The molecule has 0 aliphatic carbocycles. The smallest absolute Gasteiger partial charge is 0.261 e. The van der Waals surface area contributed by atoms with E-state index in [4.69, 9.17) is 9.47 Å². The molecule has 9 nitrogen and oxygen atoms in total. The maximum Gasteiger partial charge on any atom is 0.261 e. The molecule has 0 aromatic heterocycles. The molecule has 0 unspecified atom stereocenters. The van der Waals surface area contributed by atoms with Gasteiger partial charge in [0.25, 0.3) is 15.9 Å². The Bertz CT molecular complexity index is 1730. The number of nitrogens with one attached hydrogen (secondary N) is 1. The minimum absolute atomic E-state index is 0.0603. The van der Waals surface area contributed by atoms with Gasteiger partial charge >= 0.3 is 0 Å². The van der Waals surface area contributed by atoms with Crippen LogP contribution in [0.1, 0.15) is 35.3 Å². The van der Waals surface area contributed by atoms with E-state index in [1.165, 1.54) is 6.07 Å². The van der Waals surface area contributed by atoms with Gasteiger partial charge in [0.2, 0.25) is 0 Å². The molecule has 46 heavy (non-hydrogen) atoms. The van der Waals surface area contributed by atoms with Crippen LogP contribution in [0.2, 0.25) is 0 Å². The van der Waals surface area contributed by atoms with Crippen LogP contribution in [0.5, 0.6) is 17.2 Å². The number of para-hydroxylation sites is 1. The third kappa shape index (κ3) is 8.06. The first-order chi connectivity index (χ1) is 22.0. The number of ether oxygens (including phenoxy) is 2. The number of nitrogens with zero attached hydrogens (tertiary/aromatic N) is 2. The average molecular weight is 644 g/mol. The molecule has 1 aliphatic rings. The summed E-state index contributed by atoms with van der Waals surface area (Å²) in [5.74, 6) is 1.52. The Balaban J connectivity index is 1.34. The van der Waals surface area contributed by atoms with Crippen molar-refractivity contribution in [2.45, 2.75) is 44.4 Å². The second-order valence-corrected chi connectivity index (χ2v) is 13.7. The number of sulfonamides is 1. The second-order valence-electron chi connectivity index (χ2n) is 12.0. The lowest BCUT2D eigenvalue weighted by Gasteiger charge is -2.38. The summed E-state index contributed by atoms with van der Waals surface area (Å²) in [4.78, 5) is 17.7. The number of aliphatic hydroxyl groups is 1. The molecule has 1 heterocycles. The predicted octanol–water partition coefficient (Wildman–Crippen LogP) is 5.94. The van der Waals surface area contributed by atoms with Crippen molar-refractivity contribution < 1.29 is 27.8 Å². The highest BCUT2D eigenvalue weighted by Crippen LogP contribution is 2.32. The van der Waals surface area contributed by atoms with Crippen molar-refractivity contribution in [3.05, 3.63) is 114 Å². The standard InChI is InChI=1S/C36H41N3O6S/c1-25-10-17-32(18-11-25)46(42,43)37-29-14-19-34-33(20-29)36(41)39(27(3)24-40)21-26(2)35(45-34)23-38(4)22-28-12-15-31(16-13-28)44-30-8-6-5-7-9-30/h5-20,26-27,35,37,40H,21-24H2,1-4H3/t26-,27-,35-/m1/s1. The van der Waals surface area contributed by atoms with Crippen LogP contribution in [0.3, 0.4) is 0 Å². The van der Waals surface area contributed by atoms with Crippen molar-refractivity contribution in [1.82, 2.24) is 9.80 Å². The summed E-state index contributed by atoms with van der Waals surface area (Å²) in [6, 6.07) is 28.5. The predicted molar refractivity (Wildman–Crippen MR) is 179 cm³/mol. The van der Waals surface area contributed by atoms with Crippen LogP contribution in [-0.4, -0.2) is 68.1 Å². The average Bonchev–Trinajstić information content (AvgIpc) is 3.04. The fraction of sp³-hybridized carbons (Fsp3) is 0.306. The van der Waals surface area contributed by atoms with Crippen LogP contribution in [0, 0.1) is 12.8 Å². The van der Waals surface area contributed by atoms with E-state index in [0.29, 0.717) is 25.4 Å².